The normalized spacial score (nSPS) is 20.8. The number of benzene rings is 1. The first-order chi connectivity index (χ1) is 9.99. The number of nitrogens with one attached hydrogen (secondary N) is 1. The summed E-state index contributed by atoms with van der Waals surface area (Å²) in [5, 5.41) is 2.96. The zero-order chi connectivity index (χ0) is 15.4. The second kappa shape index (κ2) is 7.00. The Hall–Kier alpha value is -1.46. The van der Waals surface area contributed by atoms with Gasteiger partial charge in [-0.05, 0) is 44.4 Å². The molecule has 1 saturated heterocycles. The van der Waals surface area contributed by atoms with Crippen LogP contribution in [0.5, 0.6) is 0 Å². The van der Waals surface area contributed by atoms with Crippen molar-refractivity contribution in [3.8, 4) is 0 Å². The van der Waals surface area contributed by atoms with Crippen LogP contribution in [0.25, 0.3) is 0 Å². The van der Waals surface area contributed by atoms with E-state index in [1.54, 1.807) is 0 Å². The molecule has 0 radical (unpaired) electrons. The van der Waals surface area contributed by atoms with Crippen molar-refractivity contribution in [2.24, 2.45) is 11.7 Å². The maximum Gasteiger partial charge on any atom is 0.241 e. The maximum atomic E-state index is 12.5. The van der Waals surface area contributed by atoms with E-state index in [-0.39, 0.29) is 11.9 Å². The molecule has 114 valence electrons. The van der Waals surface area contributed by atoms with Crippen LogP contribution >= 0.6 is 12.2 Å². The van der Waals surface area contributed by atoms with E-state index in [1.807, 2.05) is 31.2 Å². The number of thiocarbonyl (C=S) groups is 1. The Morgan fingerprint density at radius 2 is 2.19 bits per heavy atom. The van der Waals surface area contributed by atoms with E-state index in [0.717, 1.165) is 19.5 Å². The van der Waals surface area contributed by atoms with E-state index in [1.165, 1.54) is 6.42 Å². The number of anilines is 1. The largest absolute Gasteiger partial charge is 0.389 e. The molecule has 1 aliphatic rings. The number of likely N-dealkylation sites (tertiary alicyclic amines) is 1. The number of rotatable bonds is 4. The highest BCUT2D eigenvalue weighted by molar-refractivity contribution is 7.80. The Kier molecular flexibility index (Phi) is 5.31. The van der Waals surface area contributed by atoms with Gasteiger partial charge in [-0.25, -0.2) is 0 Å². The number of carbonyl (C=O) groups excluding carboxylic acids is 1. The van der Waals surface area contributed by atoms with Crippen LogP contribution in [0.1, 0.15) is 32.3 Å². The summed E-state index contributed by atoms with van der Waals surface area (Å²) in [5.41, 5.74) is 7.09. The molecule has 0 aromatic heterocycles. The van der Waals surface area contributed by atoms with Crippen LogP contribution < -0.4 is 11.1 Å². The van der Waals surface area contributed by atoms with Crippen LogP contribution in [-0.4, -0.2) is 34.9 Å². The standard InChI is InChI=1S/C16H23N3OS/c1-11-6-5-9-19(10-11)12(2)16(20)18-14-8-4-3-7-13(14)15(17)21/h3-4,7-8,11-12H,5-6,9-10H2,1-2H3,(H2,17,21)(H,18,20). The molecule has 3 N–H and O–H groups in total. The first-order valence-electron chi connectivity index (χ1n) is 7.42. The second-order valence-electron chi connectivity index (χ2n) is 5.82. The van der Waals surface area contributed by atoms with Gasteiger partial charge in [-0.3, -0.25) is 9.69 Å². The first-order valence-corrected chi connectivity index (χ1v) is 7.83. The molecule has 0 spiro atoms. The van der Waals surface area contributed by atoms with E-state index < -0.39 is 0 Å². The van der Waals surface area contributed by atoms with Gasteiger partial charge < -0.3 is 11.1 Å². The quantitative estimate of drug-likeness (QED) is 0.839. The molecule has 1 heterocycles. The highest BCUT2D eigenvalue weighted by atomic mass is 32.1. The Labute approximate surface area is 131 Å². The molecule has 1 aromatic rings. The molecule has 4 nitrogen and oxygen atoms in total. The Balaban J connectivity index is 2.05. The molecule has 2 rings (SSSR count). The van der Waals surface area contributed by atoms with Gasteiger partial charge in [0.05, 0.1) is 11.7 Å². The van der Waals surface area contributed by atoms with Crippen molar-refractivity contribution in [2.45, 2.75) is 32.7 Å². The molecule has 1 aliphatic heterocycles. The fourth-order valence-electron chi connectivity index (χ4n) is 2.79. The lowest BCUT2D eigenvalue weighted by molar-refractivity contribution is -0.121. The molecular weight excluding hydrogens is 282 g/mol. The number of hydrogen-bond acceptors (Lipinski definition) is 3. The van der Waals surface area contributed by atoms with Gasteiger partial charge >= 0.3 is 0 Å². The molecule has 0 saturated carbocycles. The monoisotopic (exact) mass is 305 g/mol. The van der Waals surface area contributed by atoms with Crippen molar-refractivity contribution in [1.82, 2.24) is 4.90 Å². The Bertz CT molecular complexity index is 532. The summed E-state index contributed by atoms with van der Waals surface area (Å²) in [6, 6.07) is 7.24. The summed E-state index contributed by atoms with van der Waals surface area (Å²) < 4.78 is 0. The molecule has 0 bridgehead atoms. The van der Waals surface area contributed by atoms with Crippen LogP contribution in [0.2, 0.25) is 0 Å². The minimum Gasteiger partial charge on any atom is -0.389 e. The van der Waals surface area contributed by atoms with Crippen molar-refractivity contribution < 1.29 is 4.79 Å². The number of amides is 1. The van der Waals surface area contributed by atoms with Crippen molar-refractivity contribution in [3.05, 3.63) is 29.8 Å². The number of nitrogens with two attached hydrogens (primary N) is 1. The lowest BCUT2D eigenvalue weighted by Crippen LogP contribution is -2.46. The minimum absolute atomic E-state index is 0.00667. The van der Waals surface area contributed by atoms with Gasteiger partial charge in [-0.15, -0.1) is 0 Å². The molecule has 5 heteroatoms. The zero-order valence-electron chi connectivity index (χ0n) is 12.6. The third-order valence-corrected chi connectivity index (χ3v) is 4.29. The molecule has 1 aromatic carbocycles. The molecule has 0 aliphatic carbocycles. The van der Waals surface area contributed by atoms with Crippen LogP contribution in [0.3, 0.4) is 0 Å². The van der Waals surface area contributed by atoms with Gasteiger partial charge in [0.1, 0.15) is 4.99 Å². The summed E-state index contributed by atoms with van der Waals surface area (Å²) in [5.74, 6) is 0.644. The number of piperidine rings is 1. The van der Waals surface area contributed by atoms with E-state index in [4.69, 9.17) is 18.0 Å². The first kappa shape index (κ1) is 15.9. The highest BCUT2D eigenvalue weighted by Gasteiger charge is 2.26. The summed E-state index contributed by atoms with van der Waals surface area (Å²) in [6.45, 7) is 6.15. The average molecular weight is 305 g/mol. The number of hydrogen-bond donors (Lipinski definition) is 2. The van der Waals surface area contributed by atoms with Crippen LogP contribution in [0.4, 0.5) is 5.69 Å². The fourth-order valence-corrected chi connectivity index (χ4v) is 2.97. The van der Waals surface area contributed by atoms with E-state index >= 15 is 0 Å². The van der Waals surface area contributed by atoms with Gasteiger partial charge in [0.15, 0.2) is 0 Å². The van der Waals surface area contributed by atoms with Gasteiger partial charge in [-0.2, -0.15) is 0 Å². The maximum absolute atomic E-state index is 12.5. The van der Waals surface area contributed by atoms with E-state index in [2.05, 4.69) is 17.1 Å². The van der Waals surface area contributed by atoms with E-state index in [0.29, 0.717) is 22.2 Å². The summed E-state index contributed by atoms with van der Waals surface area (Å²) in [6.07, 6.45) is 2.40. The van der Waals surface area contributed by atoms with Crippen molar-refractivity contribution in [2.75, 3.05) is 18.4 Å². The van der Waals surface area contributed by atoms with Crippen molar-refractivity contribution >= 4 is 28.8 Å². The van der Waals surface area contributed by atoms with Gasteiger partial charge in [0.25, 0.3) is 0 Å². The predicted octanol–water partition coefficient (Wildman–Crippen LogP) is 2.38. The lowest BCUT2D eigenvalue weighted by Gasteiger charge is -2.34. The summed E-state index contributed by atoms with van der Waals surface area (Å²) in [7, 11) is 0. The molecular formula is C16H23N3OS. The highest BCUT2D eigenvalue weighted by Crippen LogP contribution is 2.20. The van der Waals surface area contributed by atoms with Gasteiger partial charge in [-0.1, -0.05) is 31.3 Å². The minimum atomic E-state index is -0.146. The van der Waals surface area contributed by atoms with Gasteiger partial charge in [0, 0.05) is 12.1 Å². The smallest absolute Gasteiger partial charge is 0.241 e. The molecule has 2 unspecified atom stereocenters. The van der Waals surface area contributed by atoms with Crippen LogP contribution in [-0.2, 0) is 4.79 Å². The third kappa shape index (κ3) is 4.02. The Morgan fingerprint density at radius 1 is 1.48 bits per heavy atom. The number of para-hydroxylation sites is 1. The number of nitrogens with zero attached hydrogens (tertiary/aromatic N) is 1. The fraction of sp³-hybridized carbons (Fsp3) is 0.500. The molecule has 1 amide bonds. The molecule has 1 fully saturated rings. The third-order valence-electron chi connectivity index (χ3n) is 4.07. The van der Waals surface area contributed by atoms with Crippen LogP contribution in [0.15, 0.2) is 24.3 Å². The Morgan fingerprint density at radius 3 is 2.86 bits per heavy atom. The van der Waals surface area contributed by atoms with Crippen LogP contribution in [0, 0.1) is 5.92 Å². The SMILES string of the molecule is CC1CCCN(C(C)C(=O)Nc2ccccc2C(N)=S)C1. The van der Waals surface area contributed by atoms with Crippen molar-refractivity contribution in [1.29, 1.82) is 0 Å². The van der Waals surface area contributed by atoms with E-state index in [9.17, 15) is 4.79 Å². The molecule has 2 atom stereocenters. The topological polar surface area (TPSA) is 58.4 Å². The second-order valence-corrected chi connectivity index (χ2v) is 6.26. The average Bonchev–Trinajstić information content (AvgIpc) is 2.46. The number of carbonyl (C=O) groups is 1. The van der Waals surface area contributed by atoms with Crippen molar-refractivity contribution in [3.63, 3.8) is 0 Å². The molecule has 21 heavy (non-hydrogen) atoms. The lowest BCUT2D eigenvalue weighted by atomic mass is 9.99. The summed E-state index contributed by atoms with van der Waals surface area (Å²) in [4.78, 5) is 15.0. The zero-order valence-corrected chi connectivity index (χ0v) is 13.5. The summed E-state index contributed by atoms with van der Waals surface area (Å²) >= 11 is 5.02. The predicted molar refractivity (Wildman–Crippen MR) is 90.4 cm³/mol. The van der Waals surface area contributed by atoms with Gasteiger partial charge in [0.2, 0.25) is 5.91 Å².